The van der Waals surface area contributed by atoms with Crippen LogP contribution in [0.5, 0.6) is 0 Å². The summed E-state index contributed by atoms with van der Waals surface area (Å²) in [5, 5.41) is 17.6. The molecule has 0 radical (unpaired) electrons. The summed E-state index contributed by atoms with van der Waals surface area (Å²) in [5.41, 5.74) is 0.839. The normalized spacial score (nSPS) is 11.8. The van der Waals surface area contributed by atoms with E-state index in [1.807, 2.05) is 29.0 Å². The van der Waals surface area contributed by atoms with Gasteiger partial charge in [-0.2, -0.15) is 0 Å². The van der Waals surface area contributed by atoms with Crippen molar-refractivity contribution in [3.8, 4) is 0 Å². The number of rotatable bonds is 5. The van der Waals surface area contributed by atoms with Crippen LogP contribution in [-0.4, -0.2) is 10.8 Å². The molecule has 7 heteroatoms. The lowest BCUT2D eigenvalue weighted by Crippen LogP contribution is -2.28. The van der Waals surface area contributed by atoms with E-state index in [-0.39, 0.29) is 17.6 Å². The van der Waals surface area contributed by atoms with Crippen LogP contribution >= 0.6 is 22.7 Å². The Bertz CT molecular complexity index is 796. The molecule has 0 fully saturated rings. The lowest BCUT2D eigenvalue weighted by Gasteiger charge is -2.17. The van der Waals surface area contributed by atoms with Gasteiger partial charge < -0.3 is 5.32 Å². The van der Waals surface area contributed by atoms with E-state index in [2.05, 4.69) is 5.32 Å². The number of nitro benzene ring substituents is 1. The smallest absolute Gasteiger partial charge is 0.269 e. The molecule has 1 N–H and O–H groups in total. The van der Waals surface area contributed by atoms with Gasteiger partial charge in [-0.25, -0.2) is 0 Å². The first kappa shape index (κ1) is 15.4. The molecular formula is C16H12N2O3S2. The number of carbonyl (C=O) groups excluding carboxylic acids is 1. The molecule has 116 valence electrons. The summed E-state index contributed by atoms with van der Waals surface area (Å²) < 4.78 is 0. The summed E-state index contributed by atoms with van der Waals surface area (Å²) in [6, 6.07) is 13.4. The fourth-order valence-corrected chi connectivity index (χ4v) is 3.60. The van der Waals surface area contributed by atoms with Crippen molar-refractivity contribution in [2.75, 3.05) is 0 Å². The maximum absolute atomic E-state index is 12.4. The number of thiophene rings is 2. The van der Waals surface area contributed by atoms with Crippen LogP contribution in [0.25, 0.3) is 0 Å². The molecule has 0 aliphatic carbocycles. The van der Waals surface area contributed by atoms with Crippen molar-refractivity contribution < 1.29 is 9.72 Å². The second-order valence-corrected chi connectivity index (χ2v) is 6.67. The summed E-state index contributed by atoms with van der Waals surface area (Å²) in [7, 11) is 0. The highest BCUT2D eigenvalue weighted by Crippen LogP contribution is 2.28. The minimum absolute atomic E-state index is 0.0308. The molecule has 1 unspecified atom stereocenters. The van der Waals surface area contributed by atoms with Crippen LogP contribution in [0.1, 0.15) is 26.2 Å². The SMILES string of the molecule is O=C(NC(c1ccc([N+](=O)[O-])cc1)c1cccs1)c1cccs1. The van der Waals surface area contributed by atoms with Gasteiger partial charge in [-0.15, -0.1) is 22.7 Å². The van der Waals surface area contributed by atoms with Gasteiger partial charge in [-0.05, 0) is 40.6 Å². The lowest BCUT2D eigenvalue weighted by atomic mass is 10.0. The number of amides is 1. The zero-order chi connectivity index (χ0) is 16.2. The molecular weight excluding hydrogens is 332 g/mol. The molecule has 0 spiro atoms. The Balaban J connectivity index is 1.90. The molecule has 0 saturated carbocycles. The van der Waals surface area contributed by atoms with Gasteiger partial charge in [0.25, 0.3) is 11.6 Å². The highest BCUT2D eigenvalue weighted by atomic mass is 32.1. The number of carbonyl (C=O) groups is 1. The monoisotopic (exact) mass is 344 g/mol. The first-order valence-corrected chi connectivity index (χ1v) is 8.53. The maximum atomic E-state index is 12.4. The molecule has 0 aliphatic rings. The summed E-state index contributed by atoms with van der Waals surface area (Å²) in [6.45, 7) is 0. The van der Waals surface area contributed by atoms with Crippen LogP contribution < -0.4 is 5.32 Å². The van der Waals surface area contributed by atoms with Gasteiger partial charge in [0, 0.05) is 17.0 Å². The standard InChI is InChI=1S/C16H12N2O3S2/c19-16(14-4-2-10-23-14)17-15(13-3-1-9-22-13)11-5-7-12(8-6-11)18(20)21/h1-10,15H,(H,17,19). The van der Waals surface area contributed by atoms with Crippen LogP contribution in [0.2, 0.25) is 0 Å². The van der Waals surface area contributed by atoms with Gasteiger partial charge in [0.1, 0.15) is 0 Å². The fourth-order valence-electron chi connectivity index (χ4n) is 2.17. The number of non-ortho nitro benzene ring substituents is 1. The topological polar surface area (TPSA) is 72.2 Å². The second kappa shape index (κ2) is 6.72. The van der Waals surface area contributed by atoms with E-state index < -0.39 is 4.92 Å². The number of hydrogen-bond acceptors (Lipinski definition) is 5. The summed E-state index contributed by atoms with van der Waals surface area (Å²) >= 11 is 2.90. The first-order valence-electron chi connectivity index (χ1n) is 6.77. The van der Waals surface area contributed by atoms with E-state index in [1.54, 1.807) is 18.2 Å². The third kappa shape index (κ3) is 3.46. The van der Waals surface area contributed by atoms with Crippen molar-refractivity contribution in [3.63, 3.8) is 0 Å². The Morgan fingerprint density at radius 3 is 2.30 bits per heavy atom. The molecule has 2 aromatic heterocycles. The zero-order valence-corrected chi connectivity index (χ0v) is 13.5. The predicted octanol–water partition coefficient (Wildman–Crippen LogP) is 4.24. The van der Waals surface area contributed by atoms with Crippen LogP contribution in [-0.2, 0) is 0 Å². The average Bonchev–Trinajstić information content (AvgIpc) is 3.25. The molecule has 3 rings (SSSR count). The van der Waals surface area contributed by atoms with Crippen molar-refractivity contribution in [1.82, 2.24) is 5.32 Å². The van der Waals surface area contributed by atoms with Gasteiger partial charge in [0.05, 0.1) is 15.8 Å². The molecule has 0 aliphatic heterocycles. The molecule has 3 aromatic rings. The van der Waals surface area contributed by atoms with Crippen molar-refractivity contribution in [2.45, 2.75) is 6.04 Å². The minimum atomic E-state index is -0.436. The summed E-state index contributed by atoms with van der Waals surface area (Å²) in [5.74, 6) is -0.156. The minimum Gasteiger partial charge on any atom is -0.340 e. The Labute approximate surface area is 140 Å². The molecule has 5 nitrogen and oxygen atoms in total. The molecule has 0 saturated heterocycles. The molecule has 1 atom stereocenters. The third-order valence-electron chi connectivity index (χ3n) is 3.29. The molecule has 1 amide bonds. The van der Waals surface area contributed by atoms with Gasteiger partial charge in [0.2, 0.25) is 0 Å². The zero-order valence-electron chi connectivity index (χ0n) is 11.8. The van der Waals surface area contributed by atoms with E-state index in [1.165, 1.54) is 34.8 Å². The van der Waals surface area contributed by atoms with E-state index in [4.69, 9.17) is 0 Å². The Morgan fingerprint density at radius 1 is 1.04 bits per heavy atom. The summed E-state index contributed by atoms with van der Waals surface area (Å²) in [4.78, 5) is 24.3. The van der Waals surface area contributed by atoms with Crippen molar-refractivity contribution in [2.24, 2.45) is 0 Å². The predicted molar refractivity (Wildman–Crippen MR) is 91.0 cm³/mol. The quantitative estimate of drug-likeness (QED) is 0.556. The Kier molecular flexibility index (Phi) is 4.50. The van der Waals surface area contributed by atoms with E-state index in [0.717, 1.165) is 10.4 Å². The number of nitrogens with zero attached hydrogens (tertiary/aromatic N) is 1. The lowest BCUT2D eigenvalue weighted by molar-refractivity contribution is -0.384. The molecule has 2 heterocycles. The molecule has 23 heavy (non-hydrogen) atoms. The van der Waals surface area contributed by atoms with E-state index in [9.17, 15) is 14.9 Å². The van der Waals surface area contributed by atoms with Crippen LogP contribution in [0, 0.1) is 10.1 Å². The molecule has 1 aromatic carbocycles. The van der Waals surface area contributed by atoms with Gasteiger partial charge in [-0.3, -0.25) is 14.9 Å². The second-order valence-electron chi connectivity index (χ2n) is 4.75. The highest BCUT2D eigenvalue weighted by molar-refractivity contribution is 7.12. The van der Waals surface area contributed by atoms with Crippen LogP contribution in [0.15, 0.2) is 59.3 Å². The van der Waals surface area contributed by atoms with Crippen molar-refractivity contribution in [1.29, 1.82) is 0 Å². The summed E-state index contributed by atoms with van der Waals surface area (Å²) in [6.07, 6.45) is 0. The third-order valence-corrected chi connectivity index (χ3v) is 5.09. The van der Waals surface area contributed by atoms with Gasteiger partial charge >= 0.3 is 0 Å². The molecule has 0 bridgehead atoms. The van der Waals surface area contributed by atoms with Crippen molar-refractivity contribution in [3.05, 3.63) is 84.7 Å². The number of hydrogen-bond donors (Lipinski definition) is 1. The van der Waals surface area contributed by atoms with Gasteiger partial charge in [-0.1, -0.05) is 12.1 Å². The van der Waals surface area contributed by atoms with Crippen LogP contribution in [0.4, 0.5) is 5.69 Å². The van der Waals surface area contributed by atoms with Gasteiger partial charge in [0.15, 0.2) is 0 Å². The Morgan fingerprint density at radius 2 is 1.74 bits per heavy atom. The first-order chi connectivity index (χ1) is 11.1. The number of nitro groups is 1. The van der Waals surface area contributed by atoms with Crippen LogP contribution in [0.3, 0.4) is 0 Å². The Hall–Kier alpha value is -2.51. The van der Waals surface area contributed by atoms with E-state index >= 15 is 0 Å². The maximum Gasteiger partial charge on any atom is 0.269 e. The largest absolute Gasteiger partial charge is 0.340 e. The van der Waals surface area contributed by atoms with Crippen molar-refractivity contribution >= 4 is 34.3 Å². The fraction of sp³-hybridized carbons (Fsp3) is 0.0625. The highest BCUT2D eigenvalue weighted by Gasteiger charge is 2.20. The number of benzene rings is 1. The average molecular weight is 344 g/mol. The van der Waals surface area contributed by atoms with E-state index in [0.29, 0.717) is 4.88 Å². The number of nitrogens with one attached hydrogen (secondary N) is 1.